The molecule has 0 bridgehead atoms. The Balaban J connectivity index is 1.83. The summed E-state index contributed by atoms with van der Waals surface area (Å²) in [4.78, 5) is 0. The minimum absolute atomic E-state index is 0.216. The third-order valence-corrected chi connectivity index (χ3v) is 5.14. The first-order valence-electron chi connectivity index (χ1n) is 6.47. The van der Waals surface area contributed by atoms with Crippen molar-refractivity contribution in [3.8, 4) is 11.5 Å². The Hall–Kier alpha value is -1.56. The molecule has 1 atom stereocenters. The van der Waals surface area contributed by atoms with Crippen LogP contribution in [0.4, 0.5) is 0 Å². The summed E-state index contributed by atoms with van der Waals surface area (Å²) >= 11 is 5.11. The minimum atomic E-state index is -0.696. The molecule has 4 rings (SSSR count). The molecule has 3 nitrogen and oxygen atoms in total. The van der Waals surface area contributed by atoms with Crippen molar-refractivity contribution in [3.63, 3.8) is 0 Å². The Kier molecular flexibility index (Phi) is 3.14. The maximum atomic E-state index is 10.8. The number of benzene rings is 2. The van der Waals surface area contributed by atoms with E-state index in [1.807, 2.05) is 29.6 Å². The van der Waals surface area contributed by atoms with Crippen LogP contribution in [0.1, 0.15) is 17.2 Å². The van der Waals surface area contributed by atoms with Crippen molar-refractivity contribution in [3.05, 3.63) is 57.4 Å². The maximum absolute atomic E-state index is 10.8. The second kappa shape index (κ2) is 5.02. The van der Waals surface area contributed by atoms with Gasteiger partial charge in [-0.2, -0.15) is 0 Å². The van der Waals surface area contributed by atoms with Crippen molar-refractivity contribution in [2.24, 2.45) is 0 Å². The fraction of sp³-hybridized carbons (Fsp3) is 0.125. The van der Waals surface area contributed by atoms with Crippen LogP contribution in [-0.4, -0.2) is 11.9 Å². The molecule has 0 saturated carbocycles. The highest BCUT2D eigenvalue weighted by Crippen LogP contribution is 2.43. The van der Waals surface area contributed by atoms with E-state index in [9.17, 15) is 5.11 Å². The Labute approximate surface area is 133 Å². The summed E-state index contributed by atoms with van der Waals surface area (Å²) in [6.45, 7) is 0.216. The van der Waals surface area contributed by atoms with E-state index in [0.29, 0.717) is 11.5 Å². The number of hydrogen-bond donors (Lipinski definition) is 1. The molecule has 5 heteroatoms. The van der Waals surface area contributed by atoms with Crippen LogP contribution in [0.25, 0.3) is 10.1 Å². The SMILES string of the molecule is OC(c1cc(Br)c2c(c1)OCO2)c1cccc2ccsc12. The Morgan fingerprint density at radius 1 is 1.19 bits per heavy atom. The largest absolute Gasteiger partial charge is 0.454 e. The molecule has 21 heavy (non-hydrogen) atoms. The zero-order valence-electron chi connectivity index (χ0n) is 10.9. The molecule has 3 aromatic rings. The van der Waals surface area contributed by atoms with Gasteiger partial charge in [0.2, 0.25) is 6.79 Å². The zero-order valence-corrected chi connectivity index (χ0v) is 13.3. The van der Waals surface area contributed by atoms with Crippen molar-refractivity contribution in [2.45, 2.75) is 6.10 Å². The lowest BCUT2D eigenvalue weighted by atomic mass is 10.00. The van der Waals surface area contributed by atoms with Crippen LogP contribution in [0.2, 0.25) is 0 Å². The molecule has 0 radical (unpaired) electrons. The molecule has 1 aliphatic rings. The summed E-state index contributed by atoms with van der Waals surface area (Å²) < 4.78 is 12.7. The molecule has 0 aliphatic carbocycles. The fourth-order valence-corrected chi connectivity index (χ4v) is 4.07. The first kappa shape index (κ1) is 13.1. The first-order valence-corrected chi connectivity index (χ1v) is 8.14. The van der Waals surface area contributed by atoms with E-state index in [2.05, 4.69) is 28.1 Å². The van der Waals surface area contributed by atoms with Gasteiger partial charge in [0.1, 0.15) is 6.10 Å². The van der Waals surface area contributed by atoms with E-state index < -0.39 is 6.10 Å². The molecule has 1 N–H and O–H groups in total. The van der Waals surface area contributed by atoms with Gasteiger partial charge in [0, 0.05) is 10.3 Å². The smallest absolute Gasteiger partial charge is 0.231 e. The van der Waals surface area contributed by atoms with E-state index >= 15 is 0 Å². The van der Waals surface area contributed by atoms with Crippen LogP contribution in [-0.2, 0) is 0 Å². The van der Waals surface area contributed by atoms with Gasteiger partial charge in [0.25, 0.3) is 0 Å². The number of aliphatic hydroxyl groups excluding tert-OH is 1. The molecule has 0 amide bonds. The second-order valence-electron chi connectivity index (χ2n) is 4.83. The average molecular weight is 363 g/mol. The predicted molar refractivity (Wildman–Crippen MR) is 86.2 cm³/mol. The summed E-state index contributed by atoms with van der Waals surface area (Å²) in [6.07, 6.45) is -0.696. The number of rotatable bonds is 2. The number of halogens is 1. The molecule has 1 aromatic heterocycles. The summed E-state index contributed by atoms with van der Waals surface area (Å²) in [5.74, 6) is 1.36. The summed E-state index contributed by atoms with van der Waals surface area (Å²) in [5.41, 5.74) is 1.69. The lowest BCUT2D eigenvalue weighted by molar-refractivity contribution is 0.173. The molecule has 0 spiro atoms. The van der Waals surface area contributed by atoms with Crippen LogP contribution < -0.4 is 9.47 Å². The van der Waals surface area contributed by atoms with Gasteiger partial charge in [-0.3, -0.25) is 0 Å². The van der Waals surface area contributed by atoms with E-state index in [-0.39, 0.29) is 6.79 Å². The standard InChI is InChI=1S/C16H11BrO3S/c17-12-6-10(7-13-15(12)20-8-19-13)14(18)11-3-1-2-9-4-5-21-16(9)11/h1-7,14,18H,8H2. The first-order chi connectivity index (χ1) is 10.2. The second-order valence-corrected chi connectivity index (χ2v) is 6.60. The normalized spacial score (nSPS) is 14.6. The number of thiophene rings is 1. The van der Waals surface area contributed by atoms with Gasteiger partial charge >= 0.3 is 0 Å². The number of aliphatic hydroxyl groups is 1. The van der Waals surface area contributed by atoms with Crippen LogP contribution in [0, 0.1) is 0 Å². The van der Waals surface area contributed by atoms with E-state index in [4.69, 9.17) is 9.47 Å². The van der Waals surface area contributed by atoms with Crippen molar-refractivity contribution >= 4 is 37.4 Å². The molecule has 1 unspecified atom stereocenters. The number of ether oxygens (including phenoxy) is 2. The van der Waals surface area contributed by atoms with Gasteiger partial charge in [0.05, 0.1) is 4.47 Å². The lowest BCUT2D eigenvalue weighted by Crippen LogP contribution is -2.00. The quantitative estimate of drug-likeness (QED) is 0.730. The molecular formula is C16H11BrO3S. The monoisotopic (exact) mass is 362 g/mol. The third-order valence-electron chi connectivity index (χ3n) is 3.57. The van der Waals surface area contributed by atoms with Crippen molar-refractivity contribution in [1.29, 1.82) is 0 Å². The molecule has 106 valence electrons. The molecule has 0 fully saturated rings. The van der Waals surface area contributed by atoms with Gasteiger partial charge in [-0.15, -0.1) is 11.3 Å². The molecule has 2 heterocycles. The Bertz CT molecular complexity index is 828. The molecule has 0 saturated heterocycles. The minimum Gasteiger partial charge on any atom is -0.454 e. The topological polar surface area (TPSA) is 38.7 Å². The average Bonchev–Trinajstić information content (AvgIpc) is 3.14. The zero-order chi connectivity index (χ0) is 14.4. The highest BCUT2D eigenvalue weighted by atomic mass is 79.9. The molecule has 1 aliphatic heterocycles. The van der Waals surface area contributed by atoms with Crippen molar-refractivity contribution in [1.82, 2.24) is 0 Å². The van der Waals surface area contributed by atoms with E-state index in [1.54, 1.807) is 11.3 Å². The van der Waals surface area contributed by atoms with Crippen LogP contribution in [0.15, 0.2) is 46.3 Å². The third kappa shape index (κ3) is 2.12. The van der Waals surface area contributed by atoms with Gasteiger partial charge in [-0.25, -0.2) is 0 Å². The summed E-state index contributed by atoms with van der Waals surface area (Å²) in [7, 11) is 0. The van der Waals surface area contributed by atoms with Crippen LogP contribution in [0.5, 0.6) is 11.5 Å². The van der Waals surface area contributed by atoms with Gasteiger partial charge in [-0.1, -0.05) is 18.2 Å². The van der Waals surface area contributed by atoms with Crippen molar-refractivity contribution in [2.75, 3.05) is 6.79 Å². The predicted octanol–water partition coefficient (Wildman–Crippen LogP) is 4.47. The van der Waals surface area contributed by atoms with Gasteiger partial charge in [-0.05, 0) is 50.5 Å². The summed E-state index contributed by atoms with van der Waals surface area (Å²) in [5, 5.41) is 13.9. The highest BCUT2D eigenvalue weighted by molar-refractivity contribution is 9.10. The van der Waals surface area contributed by atoms with Crippen LogP contribution in [0.3, 0.4) is 0 Å². The van der Waals surface area contributed by atoms with E-state index in [0.717, 1.165) is 25.7 Å². The molecule has 2 aromatic carbocycles. The highest BCUT2D eigenvalue weighted by Gasteiger charge is 2.22. The maximum Gasteiger partial charge on any atom is 0.231 e. The summed E-state index contributed by atoms with van der Waals surface area (Å²) in [6, 6.07) is 11.8. The fourth-order valence-electron chi connectivity index (χ4n) is 2.56. The van der Waals surface area contributed by atoms with Crippen molar-refractivity contribution < 1.29 is 14.6 Å². The molecular weight excluding hydrogens is 352 g/mol. The Morgan fingerprint density at radius 2 is 2.10 bits per heavy atom. The Morgan fingerprint density at radius 3 is 3.00 bits per heavy atom. The number of hydrogen-bond acceptors (Lipinski definition) is 4. The van der Waals surface area contributed by atoms with E-state index in [1.165, 1.54) is 0 Å². The van der Waals surface area contributed by atoms with Gasteiger partial charge < -0.3 is 14.6 Å². The number of fused-ring (bicyclic) bond motifs is 2. The van der Waals surface area contributed by atoms with Crippen LogP contribution >= 0.6 is 27.3 Å². The lowest BCUT2D eigenvalue weighted by Gasteiger charge is -2.14. The van der Waals surface area contributed by atoms with Gasteiger partial charge in [0.15, 0.2) is 11.5 Å².